The van der Waals surface area contributed by atoms with Gasteiger partial charge in [-0.1, -0.05) is 0 Å². The summed E-state index contributed by atoms with van der Waals surface area (Å²) in [5.41, 5.74) is 12.4. The molecule has 4 heteroatoms. The highest BCUT2D eigenvalue weighted by atomic mass is 16.5. The van der Waals surface area contributed by atoms with Gasteiger partial charge in [-0.2, -0.15) is 0 Å². The van der Waals surface area contributed by atoms with Gasteiger partial charge in [-0.3, -0.25) is 0 Å². The van der Waals surface area contributed by atoms with Gasteiger partial charge in [0.1, 0.15) is 11.5 Å². The topological polar surface area (TPSA) is 70.5 Å². The predicted molar refractivity (Wildman–Crippen MR) is 64.8 cm³/mol. The lowest BCUT2D eigenvalue weighted by Crippen LogP contribution is -2.21. The summed E-state index contributed by atoms with van der Waals surface area (Å²) >= 11 is 0. The van der Waals surface area contributed by atoms with Gasteiger partial charge in [0, 0.05) is 18.2 Å². The Labute approximate surface area is 96.5 Å². The molecule has 0 amide bonds. The zero-order chi connectivity index (χ0) is 12.0. The molecule has 0 bridgehead atoms. The van der Waals surface area contributed by atoms with E-state index in [9.17, 15) is 0 Å². The minimum Gasteiger partial charge on any atom is -0.494 e. The monoisotopic (exact) mass is 224 g/mol. The van der Waals surface area contributed by atoms with Crippen molar-refractivity contribution >= 4 is 0 Å². The van der Waals surface area contributed by atoms with Gasteiger partial charge in [-0.05, 0) is 32.0 Å². The molecule has 0 aromatic heterocycles. The van der Waals surface area contributed by atoms with Crippen molar-refractivity contribution < 1.29 is 9.47 Å². The first-order valence-electron chi connectivity index (χ1n) is 5.58. The first kappa shape index (κ1) is 12.8. The molecule has 1 aromatic carbocycles. The molecule has 1 unspecified atom stereocenters. The third-order valence-electron chi connectivity index (χ3n) is 2.25. The van der Waals surface area contributed by atoms with Crippen LogP contribution in [0.15, 0.2) is 18.2 Å². The van der Waals surface area contributed by atoms with Crippen molar-refractivity contribution in [2.24, 2.45) is 11.5 Å². The maximum atomic E-state index is 5.93. The van der Waals surface area contributed by atoms with Crippen molar-refractivity contribution in [1.29, 1.82) is 0 Å². The second kappa shape index (κ2) is 6.35. The van der Waals surface area contributed by atoms with E-state index in [1.54, 1.807) is 0 Å². The van der Waals surface area contributed by atoms with Gasteiger partial charge in [0.25, 0.3) is 0 Å². The van der Waals surface area contributed by atoms with Crippen LogP contribution in [0, 0.1) is 0 Å². The molecule has 1 atom stereocenters. The second-order valence-electron chi connectivity index (χ2n) is 3.41. The van der Waals surface area contributed by atoms with Crippen LogP contribution >= 0.6 is 0 Å². The molecule has 0 fully saturated rings. The van der Waals surface area contributed by atoms with Crippen molar-refractivity contribution in [3.8, 4) is 11.5 Å². The maximum Gasteiger partial charge on any atom is 0.124 e. The van der Waals surface area contributed by atoms with Crippen LogP contribution in [0.5, 0.6) is 11.5 Å². The smallest absolute Gasteiger partial charge is 0.124 e. The van der Waals surface area contributed by atoms with Gasteiger partial charge in [0.05, 0.1) is 13.2 Å². The van der Waals surface area contributed by atoms with Crippen molar-refractivity contribution in [3.63, 3.8) is 0 Å². The van der Waals surface area contributed by atoms with Gasteiger partial charge in [0.2, 0.25) is 0 Å². The number of hydrogen-bond donors (Lipinski definition) is 2. The highest BCUT2D eigenvalue weighted by Crippen LogP contribution is 2.28. The Balaban J connectivity index is 3.00. The first-order valence-corrected chi connectivity index (χ1v) is 5.58. The van der Waals surface area contributed by atoms with E-state index in [0.29, 0.717) is 19.8 Å². The number of ether oxygens (including phenoxy) is 2. The summed E-state index contributed by atoms with van der Waals surface area (Å²) in [7, 11) is 0. The van der Waals surface area contributed by atoms with E-state index in [2.05, 4.69) is 0 Å². The lowest BCUT2D eigenvalue weighted by atomic mass is 10.1. The molecule has 0 aliphatic heterocycles. The molecule has 16 heavy (non-hydrogen) atoms. The van der Waals surface area contributed by atoms with Crippen LogP contribution in [-0.4, -0.2) is 19.8 Å². The molecule has 4 nitrogen and oxygen atoms in total. The van der Waals surface area contributed by atoms with E-state index in [4.69, 9.17) is 20.9 Å². The SMILES string of the molecule is CCOc1ccc(OCC)c(C(N)CN)c1. The molecular formula is C12H20N2O2. The highest BCUT2D eigenvalue weighted by Gasteiger charge is 2.12. The molecule has 0 radical (unpaired) electrons. The van der Waals surface area contributed by atoms with Crippen LogP contribution in [0.3, 0.4) is 0 Å². The van der Waals surface area contributed by atoms with Crippen molar-refractivity contribution in [3.05, 3.63) is 23.8 Å². The van der Waals surface area contributed by atoms with E-state index in [1.807, 2.05) is 32.0 Å². The Morgan fingerprint density at radius 1 is 1.19 bits per heavy atom. The fraction of sp³-hybridized carbons (Fsp3) is 0.500. The lowest BCUT2D eigenvalue weighted by molar-refractivity contribution is 0.325. The standard InChI is InChI=1S/C12H20N2O2/c1-3-15-9-5-6-12(16-4-2)10(7-9)11(14)8-13/h5-7,11H,3-4,8,13-14H2,1-2H3. The fourth-order valence-electron chi connectivity index (χ4n) is 1.49. The molecule has 0 aliphatic carbocycles. The zero-order valence-corrected chi connectivity index (χ0v) is 9.90. The quantitative estimate of drug-likeness (QED) is 0.767. The van der Waals surface area contributed by atoms with Crippen LogP contribution in [0.4, 0.5) is 0 Å². The summed E-state index contributed by atoms with van der Waals surface area (Å²) in [6.45, 7) is 5.51. The normalized spacial score (nSPS) is 12.2. The average Bonchev–Trinajstić information content (AvgIpc) is 2.31. The number of benzene rings is 1. The summed E-state index contributed by atoms with van der Waals surface area (Å²) < 4.78 is 10.9. The molecule has 0 spiro atoms. The van der Waals surface area contributed by atoms with Crippen molar-refractivity contribution in [2.75, 3.05) is 19.8 Å². The molecule has 0 saturated carbocycles. The molecule has 0 aliphatic rings. The Morgan fingerprint density at radius 2 is 1.88 bits per heavy atom. The van der Waals surface area contributed by atoms with E-state index in [0.717, 1.165) is 17.1 Å². The Kier molecular flexibility index (Phi) is 5.08. The van der Waals surface area contributed by atoms with Crippen molar-refractivity contribution in [1.82, 2.24) is 0 Å². The van der Waals surface area contributed by atoms with Gasteiger partial charge < -0.3 is 20.9 Å². The van der Waals surface area contributed by atoms with E-state index >= 15 is 0 Å². The number of nitrogens with two attached hydrogens (primary N) is 2. The van der Waals surface area contributed by atoms with E-state index in [-0.39, 0.29) is 6.04 Å². The minimum atomic E-state index is -0.220. The lowest BCUT2D eigenvalue weighted by Gasteiger charge is -2.16. The molecule has 4 N–H and O–H groups in total. The molecule has 1 aromatic rings. The Morgan fingerprint density at radius 3 is 2.44 bits per heavy atom. The Bertz CT molecular complexity index is 329. The zero-order valence-electron chi connectivity index (χ0n) is 9.90. The van der Waals surface area contributed by atoms with Crippen LogP contribution in [0.1, 0.15) is 25.5 Å². The highest BCUT2D eigenvalue weighted by molar-refractivity contribution is 5.42. The maximum absolute atomic E-state index is 5.93. The van der Waals surface area contributed by atoms with E-state index < -0.39 is 0 Å². The summed E-state index contributed by atoms with van der Waals surface area (Å²) in [5, 5.41) is 0. The largest absolute Gasteiger partial charge is 0.494 e. The number of rotatable bonds is 6. The van der Waals surface area contributed by atoms with Gasteiger partial charge in [0.15, 0.2) is 0 Å². The van der Waals surface area contributed by atoms with Crippen LogP contribution in [0.25, 0.3) is 0 Å². The predicted octanol–water partition coefficient (Wildman–Crippen LogP) is 1.44. The Hall–Kier alpha value is -1.26. The molecule has 1 rings (SSSR count). The third kappa shape index (κ3) is 3.12. The third-order valence-corrected chi connectivity index (χ3v) is 2.25. The number of hydrogen-bond acceptors (Lipinski definition) is 4. The summed E-state index contributed by atoms with van der Waals surface area (Å²) in [6.07, 6.45) is 0. The fourth-order valence-corrected chi connectivity index (χ4v) is 1.49. The minimum absolute atomic E-state index is 0.220. The van der Waals surface area contributed by atoms with Gasteiger partial charge >= 0.3 is 0 Å². The van der Waals surface area contributed by atoms with Gasteiger partial charge in [-0.15, -0.1) is 0 Å². The summed E-state index contributed by atoms with van der Waals surface area (Å²) in [5.74, 6) is 1.58. The van der Waals surface area contributed by atoms with Crippen LogP contribution < -0.4 is 20.9 Å². The average molecular weight is 224 g/mol. The molecule has 0 saturated heterocycles. The first-order chi connectivity index (χ1) is 7.72. The van der Waals surface area contributed by atoms with Gasteiger partial charge in [-0.25, -0.2) is 0 Å². The van der Waals surface area contributed by atoms with E-state index in [1.165, 1.54) is 0 Å². The van der Waals surface area contributed by atoms with Crippen LogP contribution in [-0.2, 0) is 0 Å². The summed E-state index contributed by atoms with van der Waals surface area (Å²) in [6, 6.07) is 5.43. The molecule has 90 valence electrons. The van der Waals surface area contributed by atoms with Crippen LogP contribution in [0.2, 0.25) is 0 Å². The second-order valence-corrected chi connectivity index (χ2v) is 3.41. The molecule has 0 heterocycles. The molecular weight excluding hydrogens is 204 g/mol. The summed E-state index contributed by atoms with van der Waals surface area (Å²) in [4.78, 5) is 0. The van der Waals surface area contributed by atoms with Crippen molar-refractivity contribution in [2.45, 2.75) is 19.9 Å².